The molecule has 1 aliphatic rings. The van der Waals surface area contributed by atoms with Crippen molar-refractivity contribution >= 4 is 34.0 Å². The van der Waals surface area contributed by atoms with E-state index in [0.717, 1.165) is 22.2 Å². The first-order valence-electron chi connectivity index (χ1n) is 8.95. The number of aromatic nitrogens is 1. The summed E-state index contributed by atoms with van der Waals surface area (Å²) < 4.78 is 14.8. The highest BCUT2D eigenvalue weighted by Gasteiger charge is 2.32. The molecule has 28 heavy (non-hydrogen) atoms. The molecule has 0 bridgehead atoms. The van der Waals surface area contributed by atoms with E-state index < -0.39 is 0 Å². The summed E-state index contributed by atoms with van der Waals surface area (Å²) in [5.41, 5.74) is 2.18. The van der Waals surface area contributed by atoms with Crippen molar-refractivity contribution in [3.05, 3.63) is 87.9 Å². The van der Waals surface area contributed by atoms with Gasteiger partial charge in [0.05, 0.1) is 23.7 Å². The molecule has 0 aliphatic carbocycles. The van der Waals surface area contributed by atoms with Crippen molar-refractivity contribution in [3.63, 3.8) is 0 Å². The number of nitrogens with zero attached hydrogens (tertiary/aromatic N) is 2. The Morgan fingerprint density at radius 3 is 2.57 bits per heavy atom. The van der Waals surface area contributed by atoms with Crippen LogP contribution in [-0.2, 0) is 11.3 Å². The summed E-state index contributed by atoms with van der Waals surface area (Å²) in [5, 5.41) is 1.42. The van der Waals surface area contributed by atoms with Crippen LogP contribution in [0.5, 0.6) is 0 Å². The third-order valence-electron chi connectivity index (χ3n) is 5.13. The Bertz CT molecular complexity index is 1130. The average Bonchev–Trinajstić information content (AvgIpc) is 2.65. The Morgan fingerprint density at radius 1 is 1.18 bits per heavy atom. The Kier molecular flexibility index (Phi) is 4.77. The minimum atomic E-state index is -0.315. The number of benzene rings is 2. The molecule has 4 nitrogen and oxygen atoms in total. The second-order valence-corrected chi connectivity index (χ2v) is 7.39. The van der Waals surface area contributed by atoms with Crippen molar-refractivity contribution in [2.75, 3.05) is 18.0 Å². The van der Waals surface area contributed by atoms with E-state index in [1.807, 2.05) is 17.0 Å². The minimum absolute atomic E-state index is 0.0169. The maximum Gasteiger partial charge on any atom is 0.253 e. The molecule has 0 spiro atoms. The number of ketones is 1. The Labute approximate surface area is 166 Å². The van der Waals surface area contributed by atoms with Crippen molar-refractivity contribution in [2.24, 2.45) is 5.92 Å². The van der Waals surface area contributed by atoms with Gasteiger partial charge in [-0.3, -0.25) is 9.59 Å². The summed E-state index contributed by atoms with van der Waals surface area (Å²) in [6.07, 6.45) is 1.34. The number of carbonyl (C=O) groups excluding carboxylic acids is 1. The standard InChI is InChI=1S/C22H18ClFN2O2/c1-2-21(27)15-12-25(13-15)20-10-22(28)26(11-14-3-6-17(24)7-4-14)19-8-5-16(23)9-18(19)20/h2-10,15H,1,11-13H2. The van der Waals surface area contributed by atoms with E-state index in [2.05, 4.69) is 6.58 Å². The molecule has 0 amide bonds. The first-order valence-corrected chi connectivity index (χ1v) is 9.33. The van der Waals surface area contributed by atoms with Gasteiger partial charge in [0, 0.05) is 29.6 Å². The summed E-state index contributed by atoms with van der Waals surface area (Å²) in [6.45, 7) is 4.96. The lowest BCUT2D eigenvalue weighted by Crippen LogP contribution is -2.50. The number of halogens is 2. The molecule has 1 fully saturated rings. The summed E-state index contributed by atoms with van der Waals surface area (Å²) in [6, 6.07) is 13.1. The van der Waals surface area contributed by atoms with Gasteiger partial charge in [0.2, 0.25) is 0 Å². The van der Waals surface area contributed by atoms with Crippen LogP contribution < -0.4 is 10.5 Å². The molecule has 1 saturated heterocycles. The number of fused-ring (bicyclic) bond motifs is 1. The number of allylic oxidation sites excluding steroid dienone is 1. The minimum Gasteiger partial charge on any atom is -0.369 e. The number of rotatable bonds is 5. The largest absolute Gasteiger partial charge is 0.369 e. The third-order valence-corrected chi connectivity index (χ3v) is 5.37. The van der Waals surface area contributed by atoms with Gasteiger partial charge in [-0.05, 0) is 42.0 Å². The summed E-state index contributed by atoms with van der Waals surface area (Å²) >= 11 is 6.21. The highest BCUT2D eigenvalue weighted by Crippen LogP contribution is 2.33. The van der Waals surface area contributed by atoms with Gasteiger partial charge in [-0.25, -0.2) is 4.39 Å². The molecule has 1 aliphatic heterocycles. The Morgan fingerprint density at radius 2 is 1.89 bits per heavy atom. The summed E-state index contributed by atoms with van der Waals surface area (Å²) in [5.74, 6) is -0.388. The van der Waals surface area contributed by atoms with Crippen LogP contribution in [0.2, 0.25) is 5.02 Å². The van der Waals surface area contributed by atoms with Crippen molar-refractivity contribution in [1.29, 1.82) is 0 Å². The van der Waals surface area contributed by atoms with Crippen LogP contribution in [0.4, 0.5) is 10.1 Å². The van der Waals surface area contributed by atoms with Crippen molar-refractivity contribution in [2.45, 2.75) is 6.54 Å². The van der Waals surface area contributed by atoms with Gasteiger partial charge in [-0.15, -0.1) is 0 Å². The first kappa shape index (κ1) is 18.4. The number of hydrogen-bond acceptors (Lipinski definition) is 3. The van der Waals surface area contributed by atoms with Gasteiger partial charge in [-0.1, -0.05) is 30.3 Å². The topological polar surface area (TPSA) is 42.3 Å². The Balaban J connectivity index is 1.76. The van der Waals surface area contributed by atoms with Crippen LogP contribution in [0.25, 0.3) is 10.9 Å². The lowest BCUT2D eigenvalue weighted by atomic mass is 9.94. The monoisotopic (exact) mass is 396 g/mol. The van der Waals surface area contributed by atoms with Crippen LogP contribution in [0.3, 0.4) is 0 Å². The van der Waals surface area contributed by atoms with Crippen molar-refractivity contribution in [3.8, 4) is 0 Å². The zero-order valence-corrected chi connectivity index (χ0v) is 15.8. The molecule has 2 aromatic carbocycles. The van der Waals surface area contributed by atoms with Gasteiger partial charge in [0.25, 0.3) is 5.56 Å². The van der Waals surface area contributed by atoms with Crippen molar-refractivity contribution in [1.82, 2.24) is 4.57 Å². The zero-order chi connectivity index (χ0) is 19.8. The van der Waals surface area contributed by atoms with Crippen LogP contribution in [0, 0.1) is 11.7 Å². The predicted octanol–water partition coefficient (Wildman–Crippen LogP) is 4.03. The van der Waals surface area contributed by atoms with Gasteiger partial charge < -0.3 is 9.47 Å². The summed E-state index contributed by atoms with van der Waals surface area (Å²) in [4.78, 5) is 26.7. The molecule has 0 atom stereocenters. The smallest absolute Gasteiger partial charge is 0.253 e. The quantitative estimate of drug-likeness (QED) is 0.611. The molecule has 0 N–H and O–H groups in total. The molecule has 1 aromatic heterocycles. The zero-order valence-electron chi connectivity index (χ0n) is 15.1. The van der Waals surface area contributed by atoms with E-state index in [1.54, 1.807) is 28.8 Å². The van der Waals surface area contributed by atoms with Gasteiger partial charge in [0.15, 0.2) is 5.78 Å². The molecule has 0 unspecified atom stereocenters. The summed E-state index contributed by atoms with van der Waals surface area (Å²) in [7, 11) is 0. The van der Waals surface area contributed by atoms with E-state index in [0.29, 0.717) is 24.7 Å². The molecule has 3 aromatic rings. The number of anilines is 1. The molecule has 6 heteroatoms. The molecule has 4 rings (SSSR count). The maximum atomic E-state index is 13.2. The number of carbonyl (C=O) groups is 1. The van der Waals surface area contributed by atoms with Crippen molar-refractivity contribution < 1.29 is 9.18 Å². The fraction of sp³-hybridized carbons (Fsp3) is 0.182. The van der Waals surface area contributed by atoms with Gasteiger partial charge >= 0.3 is 0 Å². The molecule has 0 radical (unpaired) electrons. The Hall–Kier alpha value is -2.92. The second kappa shape index (κ2) is 7.24. The van der Waals surface area contributed by atoms with E-state index in [-0.39, 0.29) is 23.1 Å². The molecular formula is C22H18ClFN2O2. The van der Waals surface area contributed by atoms with E-state index in [4.69, 9.17) is 11.6 Å². The van der Waals surface area contributed by atoms with Crippen LogP contribution in [0.15, 0.2) is 66.0 Å². The predicted molar refractivity (Wildman–Crippen MR) is 110 cm³/mol. The molecule has 142 valence electrons. The lowest BCUT2D eigenvalue weighted by molar-refractivity contribution is -0.118. The maximum absolute atomic E-state index is 13.2. The van der Waals surface area contributed by atoms with E-state index in [9.17, 15) is 14.0 Å². The molecule has 0 saturated carbocycles. The van der Waals surface area contributed by atoms with Crippen LogP contribution >= 0.6 is 11.6 Å². The highest BCUT2D eigenvalue weighted by molar-refractivity contribution is 6.31. The first-order chi connectivity index (χ1) is 13.5. The second-order valence-electron chi connectivity index (χ2n) is 6.95. The number of hydrogen-bond donors (Lipinski definition) is 0. The average molecular weight is 397 g/mol. The van der Waals surface area contributed by atoms with Crippen LogP contribution in [-0.4, -0.2) is 23.4 Å². The molecular weight excluding hydrogens is 379 g/mol. The van der Waals surface area contributed by atoms with Gasteiger partial charge in [0.1, 0.15) is 5.82 Å². The van der Waals surface area contributed by atoms with Crippen LogP contribution in [0.1, 0.15) is 5.56 Å². The highest BCUT2D eigenvalue weighted by atomic mass is 35.5. The fourth-order valence-corrected chi connectivity index (χ4v) is 3.73. The molecule has 2 heterocycles. The lowest BCUT2D eigenvalue weighted by Gasteiger charge is -2.40. The van der Waals surface area contributed by atoms with Gasteiger partial charge in [-0.2, -0.15) is 0 Å². The fourth-order valence-electron chi connectivity index (χ4n) is 3.56. The van der Waals surface area contributed by atoms with E-state index >= 15 is 0 Å². The number of pyridine rings is 1. The normalized spacial score (nSPS) is 14.1. The SMILES string of the molecule is C=CC(=O)C1CN(c2cc(=O)n(Cc3ccc(F)cc3)c3ccc(Cl)cc23)C1. The van der Waals surface area contributed by atoms with E-state index in [1.165, 1.54) is 18.2 Å². The third kappa shape index (κ3) is 3.34.